The van der Waals surface area contributed by atoms with E-state index in [9.17, 15) is 9.59 Å². The predicted molar refractivity (Wildman–Crippen MR) is 146 cm³/mol. The van der Waals surface area contributed by atoms with Gasteiger partial charge in [-0.15, -0.1) is 0 Å². The van der Waals surface area contributed by atoms with E-state index in [1.165, 1.54) is 11.8 Å². The second-order valence-electron chi connectivity index (χ2n) is 8.96. The molecule has 5 rings (SSSR count). The second kappa shape index (κ2) is 11.1. The number of fused-ring (bicyclic) bond motifs is 1. The highest BCUT2D eigenvalue weighted by molar-refractivity contribution is 7.98. The molecule has 1 amide bonds. The minimum Gasteiger partial charge on any atom is -0.497 e. The number of rotatable bonds is 7. The van der Waals surface area contributed by atoms with E-state index in [0.717, 1.165) is 43.7 Å². The molecule has 1 aliphatic rings. The van der Waals surface area contributed by atoms with Crippen LogP contribution in [0.25, 0.3) is 16.6 Å². The van der Waals surface area contributed by atoms with E-state index >= 15 is 0 Å². The lowest BCUT2D eigenvalue weighted by atomic mass is 10.1. The lowest BCUT2D eigenvalue weighted by molar-refractivity contribution is 0.0724. The quantitative estimate of drug-likeness (QED) is 0.245. The number of methoxy groups -OCH3 is 2. The molecule has 0 atom stereocenters. The molecule has 1 aromatic heterocycles. The molecule has 7 nitrogen and oxygen atoms in total. The lowest BCUT2D eigenvalue weighted by Crippen LogP contribution is -2.35. The number of hydrogen-bond acceptors (Lipinski definition) is 6. The standard InChI is InChI=1S/C29H29N3O4S/c1-35-23-10-6-8-20(16-23)19-37-29-30-26-17-21(27(33)31-14-4-3-5-15-31)12-13-25(26)28(34)32(29)22-9-7-11-24(18-22)36-2/h6-13,16-18H,3-5,14-15,19H2,1-2H3. The van der Waals surface area contributed by atoms with Crippen molar-refractivity contribution in [1.29, 1.82) is 0 Å². The fourth-order valence-electron chi connectivity index (χ4n) is 4.56. The van der Waals surface area contributed by atoms with Gasteiger partial charge in [0.25, 0.3) is 11.5 Å². The van der Waals surface area contributed by atoms with Crippen molar-refractivity contribution in [2.75, 3.05) is 27.3 Å². The highest BCUT2D eigenvalue weighted by Gasteiger charge is 2.20. The summed E-state index contributed by atoms with van der Waals surface area (Å²) in [6.07, 6.45) is 3.20. The third-order valence-corrected chi connectivity index (χ3v) is 7.55. The van der Waals surface area contributed by atoms with Gasteiger partial charge in [0.05, 0.1) is 30.8 Å². The zero-order valence-electron chi connectivity index (χ0n) is 21.0. The zero-order valence-corrected chi connectivity index (χ0v) is 21.8. The van der Waals surface area contributed by atoms with E-state index in [-0.39, 0.29) is 11.5 Å². The van der Waals surface area contributed by atoms with Crippen molar-refractivity contribution in [1.82, 2.24) is 14.5 Å². The van der Waals surface area contributed by atoms with Crippen molar-refractivity contribution < 1.29 is 14.3 Å². The SMILES string of the molecule is COc1cccc(CSc2nc3cc(C(=O)N4CCCCC4)ccc3c(=O)n2-c2cccc(OC)c2)c1. The minimum absolute atomic E-state index is 0.00837. The number of nitrogens with zero attached hydrogens (tertiary/aromatic N) is 3. The van der Waals surface area contributed by atoms with Gasteiger partial charge >= 0.3 is 0 Å². The molecular weight excluding hydrogens is 486 g/mol. The molecule has 3 aromatic carbocycles. The Kier molecular flexibility index (Phi) is 7.46. The number of carbonyl (C=O) groups is 1. The fraction of sp³-hybridized carbons (Fsp3) is 0.276. The van der Waals surface area contributed by atoms with E-state index in [0.29, 0.717) is 38.8 Å². The molecule has 190 valence electrons. The third kappa shape index (κ3) is 5.34. The molecule has 0 bridgehead atoms. The summed E-state index contributed by atoms with van der Waals surface area (Å²) in [5.74, 6) is 2.00. The van der Waals surface area contributed by atoms with Gasteiger partial charge in [-0.05, 0) is 67.3 Å². The molecule has 8 heteroatoms. The summed E-state index contributed by atoms with van der Waals surface area (Å²) in [7, 11) is 3.24. The summed E-state index contributed by atoms with van der Waals surface area (Å²) < 4.78 is 12.4. The molecular formula is C29H29N3O4S. The maximum absolute atomic E-state index is 13.8. The summed E-state index contributed by atoms with van der Waals surface area (Å²) in [5, 5.41) is 1.000. The predicted octanol–water partition coefficient (Wildman–Crippen LogP) is 5.32. The number of likely N-dealkylation sites (tertiary alicyclic amines) is 1. The molecule has 2 heterocycles. The van der Waals surface area contributed by atoms with E-state index in [1.807, 2.05) is 53.4 Å². The molecule has 0 aliphatic carbocycles. The first-order valence-electron chi connectivity index (χ1n) is 12.3. The number of ether oxygens (including phenoxy) is 2. The van der Waals surface area contributed by atoms with Gasteiger partial charge in [0.1, 0.15) is 11.5 Å². The molecule has 4 aromatic rings. The number of aromatic nitrogens is 2. The Bertz CT molecular complexity index is 1490. The van der Waals surface area contributed by atoms with E-state index in [1.54, 1.807) is 37.0 Å². The first-order chi connectivity index (χ1) is 18.1. The molecule has 1 fully saturated rings. The van der Waals surface area contributed by atoms with Gasteiger partial charge in [-0.25, -0.2) is 4.98 Å². The number of carbonyl (C=O) groups excluding carboxylic acids is 1. The molecule has 1 saturated heterocycles. The van der Waals surface area contributed by atoms with Gasteiger partial charge < -0.3 is 14.4 Å². The van der Waals surface area contributed by atoms with Crippen LogP contribution in [0.15, 0.2) is 76.7 Å². The number of hydrogen-bond donors (Lipinski definition) is 0. The minimum atomic E-state index is -0.191. The third-order valence-electron chi connectivity index (χ3n) is 6.54. The maximum Gasteiger partial charge on any atom is 0.266 e. The highest BCUT2D eigenvalue weighted by Crippen LogP contribution is 2.28. The zero-order chi connectivity index (χ0) is 25.8. The number of thioether (sulfide) groups is 1. The summed E-state index contributed by atoms with van der Waals surface area (Å²) in [6, 6.07) is 20.4. The van der Waals surface area contributed by atoms with Crippen LogP contribution in [-0.2, 0) is 5.75 Å². The van der Waals surface area contributed by atoms with Gasteiger partial charge in [-0.3, -0.25) is 14.2 Å². The average Bonchev–Trinajstić information content (AvgIpc) is 2.96. The van der Waals surface area contributed by atoms with Crippen LogP contribution >= 0.6 is 11.8 Å². The second-order valence-corrected chi connectivity index (χ2v) is 9.90. The van der Waals surface area contributed by atoms with Crippen LogP contribution in [-0.4, -0.2) is 47.7 Å². The van der Waals surface area contributed by atoms with E-state index < -0.39 is 0 Å². The van der Waals surface area contributed by atoms with Crippen LogP contribution in [0, 0.1) is 0 Å². The molecule has 0 N–H and O–H groups in total. The van der Waals surface area contributed by atoms with Crippen molar-refractivity contribution in [3.8, 4) is 17.2 Å². The van der Waals surface area contributed by atoms with E-state index in [2.05, 4.69) is 0 Å². The van der Waals surface area contributed by atoms with Crippen molar-refractivity contribution in [2.45, 2.75) is 30.2 Å². The normalized spacial score (nSPS) is 13.5. The van der Waals surface area contributed by atoms with Crippen molar-refractivity contribution in [3.63, 3.8) is 0 Å². The largest absolute Gasteiger partial charge is 0.497 e. The maximum atomic E-state index is 13.8. The van der Waals surface area contributed by atoms with Crippen LogP contribution in [0.1, 0.15) is 35.2 Å². The first kappa shape index (κ1) is 24.9. The fourth-order valence-corrected chi connectivity index (χ4v) is 5.52. The summed E-state index contributed by atoms with van der Waals surface area (Å²) in [6.45, 7) is 1.53. The van der Waals surface area contributed by atoms with Gasteiger partial charge in [-0.1, -0.05) is 30.0 Å². The Morgan fingerprint density at radius 2 is 1.65 bits per heavy atom. The average molecular weight is 516 g/mol. The van der Waals surface area contributed by atoms with Crippen LogP contribution in [0.3, 0.4) is 0 Å². The van der Waals surface area contributed by atoms with Crippen molar-refractivity contribution >= 4 is 28.6 Å². The molecule has 1 aliphatic heterocycles. The van der Waals surface area contributed by atoms with Crippen molar-refractivity contribution in [2.24, 2.45) is 0 Å². The Morgan fingerprint density at radius 3 is 2.41 bits per heavy atom. The van der Waals surface area contributed by atoms with Crippen LogP contribution in [0.4, 0.5) is 0 Å². The van der Waals surface area contributed by atoms with Gasteiger partial charge in [0, 0.05) is 30.5 Å². The first-order valence-corrected chi connectivity index (χ1v) is 13.3. The van der Waals surface area contributed by atoms with Gasteiger partial charge in [0.2, 0.25) is 0 Å². The van der Waals surface area contributed by atoms with Crippen LogP contribution < -0.4 is 15.0 Å². The monoisotopic (exact) mass is 515 g/mol. The number of piperidine rings is 1. The molecule has 37 heavy (non-hydrogen) atoms. The van der Waals surface area contributed by atoms with Crippen molar-refractivity contribution in [3.05, 3.63) is 88.2 Å². The summed E-state index contributed by atoms with van der Waals surface area (Å²) in [5.41, 5.74) is 2.60. The topological polar surface area (TPSA) is 73.7 Å². The lowest BCUT2D eigenvalue weighted by Gasteiger charge is -2.26. The Hall–Kier alpha value is -3.78. The number of amides is 1. The van der Waals surface area contributed by atoms with Gasteiger partial charge in [0.15, 0.2) is 5.16 Å². The molecule has 0 spiro atoms. The highest BCUT2D eigenvalue weighted by atomic mass is 32.2. The summed E-state index contributed by atoms with van der Waals surface area (Å²) in [4.78, 5) is 33.7. The molecule has 0 radical (unpaired) electrons. The molecule has 0 unspecified atom stereocenters. The Balaban J connectivity index is 1.58. The van der Waals surface area contributed by atoms with Gasteiger partial charge in [-0.2, -0.15) is 0 Å². The molecule has 0 saturated carbocycles. The summed E-state index contributed by atoms with van der Waals surface area (Å²) >= 11 is 1.46. The van der Waals surface area contributed by atoms with Crippen LogP contribution in [0.5, 0.6) is 11.5 Å². The Morgan fingerprint density at radius 1 is 0.919 bits per heavy atom. The van der Waals surface area contributed by atoms with Crippen LogP contribution in [0.2, 0.25) is 0 Å². The number of benzene rings is 3. The smallest absolute Gasteiger partial charge is 0.266 e. The van der Waals surface area contributed by atoms with E-state index in [4.69, 9.17) is 14.5 Å². The Labute approximate surface area is 220 Å².